The van der Waals surface area contributed by atoms with Crippen molar-refractivity contribution < 1.29 is 0 Å². The Kier molecular flexibility index (Phi) is 3.62. The second-order valence-corrected chi connectivity index (χ2v) is 5.26. The fraction of sp³-hybridized carbons (Fsp3) is 0.125. The van der Waals surface area contributed by atoms with E-state index >= 15 is 0 Å². The van der Waals surface area contributed by atoms with Crippen LogP contribution in [0, 0.1) is 6.92 Å². The van der Waals surface area contributed by atoms with Gasteiger partial charge < -0.3 is 5.32 Å². The van der Waals surface area contributed by atoms with Gasteiger partial charge in [0.15, 0.2) is 0 Å². The summed E-state index contributed by atoms with van der Waals surface area (Å²) >= 11 is 6.17. The van der Waals surface area contributed by atoms with Crippen LogP contribution in [0.25, 0.3) is 5.65 Å². The Morgan fingerprint density at radius 3 is 2.90 bits per heavy atom. The van der Waals surface area contributed by atoms with Crippen molar-refractivity contribution in [1.29, 1.82) is 0 Å². The van der Waals surface area contributed by atoms with Gasteiger partial charge >= 0.3 is 0 Å². The van der Waals surface area contributed by atoms with Crippen molar-refractivity contribution in [3.63, 3.8) is 0 Å². The van der Waals surface area contributed by atoms with Crippen LogP contribution < -0.4 is 10.9 Å². The minimum Gasteiger partial charge on any atom is -0.378 e. The van der Waals surface area contributed by atoms with Crippen molar-refractivity contribution in [2.45, 2.75) is 13.5 Å². The molecule has 0 unspecified atom stereocenters. The first kappa shape index (κ1) is 13.6. The van der Waals surface area contributed by atoms with Crippen molar-refractivity contribution in [3.8, 4) is 0 Å². The topological polar surface area (TPSA) is 46.4 Å². The molecule has 0 saturated heterocycles. The maximum Gasteiger partial charge on any atom is 0.258 e. The highest BCUT2D eigenvalue weighted by Gasteiger charge is 2.04. The van der Waals surface area contributed by atoms with Gasteiger partial charge in [-0.2, -0.15) is 0 Å². The number of hydrogen-bond acceptors (Lipinski definition) is 3. The summed E-state index contributed by atoms with van der Waals surface area (Å²) in [7, 11) is 0. The molecule has 5 heteroatoms. The van der Waals surface area contributed by atoms with E-state index < -0.39 is 0 Å². The van der Waals surface area contributed by atoms with Gasteiger partial charge in [-0.25, -0.2) is 4.98 Å². The number of fused-ring (bicyclic) bond motifs is 1. The summed E-state index contributed by atoms with van der Waals surface area (Å²) < 4.78 is 1.52. The lowest BCUT2D eigenvalue weighted by molar-refractivity contribution is 0.971. The normalized spacial score (nSPS) is 10.8. The molecule has 0 spiro atoms. The summed E-state index contributed by atoms with van der Waals surface area (Å²) in [6.45, 7) is 2.44. The summed E-state index contributed by atoms with van der Waals surface area (Å²) in [5, 5.41) is 3.87. The number of anilines is 1. The minimum atomic E-state index is -0.0904. The third kappa shape index (κ3) is 2.90. The quantitative estimate of drug-likeness (QED) is 0.807. The van der Waals surface area contributed by atoms with E-state index in [2.05, 4.69) is 10.3 Å². The molecule has 0 saturated carbocycles. The molecule has 2 aromatic heterocycles. The van der Waals surface area contributed by atoms with Crippen molar-refractivity contribution in [2.75, 3.05) is 5.32 Å². The first-order valence-corrected chi connectivity index (χ1v) is 6.98. The minimum absolute atomic E-state index is 0.0904. The Hall–Kier alpha value is -2.33. The maximum absolute atomic E-state index is 12.0. The van der Waals surface area contributed by atoms with E-state index in [9.17, 15) is 4.79 Å². The number of aryl methyl sites for hydroxylation is 1. The van der Waals surface area contributed by atoms with E-state index in [1.54, 1.807) is 12.3 Å². The van der Waals surface area contributed by atoms with E-state index in [1.807, 2.05) is 37.3 Å². The highest BCUT2D eigenvalue weighted by molar-refractivity contribution is 6.33. The molecule has 4 nitrogen and oxygen atoms in total. The fourth-order valence-electron chi connectivity index (χ4n) is 2.14. The number of pyridine rings is 1. The second kappa shape index (κ2) is 5.58. The summed E-state index contributed by atoms with van der Waals surface area (Å²) in [6, 6.07) is 12.8. The standard InChI is InChI=1S/C16H14ClN3O/c1-11-5-6-14(13(17)8-11)18-10-12-9-16(21)20-7-3-2-4-15(20)19-12/h2-9,18H,10H2,1H3. The van der Waals surface area contributed by atoms with Crippen molar-refractivity contribution in [3.05, 3.63) is 75.3 Å². The van der Waals surface area contributed by atoms with Gasteiger partial charge in [0.25, 0.3) is 5.56 Å². The Morgan fingerprint density at radius 1 is 1.24 bits per heavy atom. The molecule has 0 radical (unpaired) electrons. The van der Waals surface area contributed by atoms with Gasteiger partial charge in [0.05, 0.1) is 22.9 Å². The van der Waals surface area contributed by atoms with Crippen LogP contribution in [0.15, 0.2) is 53.5 Å². The van der Waals surface area contributed by atoms with Crippen LogP contribution in [0.3, 0.4) is 0 Å². The van der Waals surface area contributed by atoms with Crippen LogP contribution in [0.5, 0.6) is 0 Å². The molecule has 0 bridgehead atoms. The zero-order valence-electron chi connectivity index (χ0n) is 11.5. The number of aromatic nitrogens is 2. The van der Waals surface area contributed by atoms with Gasteiger partial charge in [0, 0.05) is 12.3 Å². The highest BCUT2D eigenvalue weighted by Crippen LogP contribution is 2.23. The lowest BCUT2D eigenvalue weighted by atomic mass is 10.2. The average Bonchev–Trinajstić information content (AvgIpc) is 2.46. The Morgan fingerprint density at radius 2 is 2.10 bits per heavy atom. The molecule has 21 heavy (non-hydrogen) atoms. The lowest BCUT2D eigenvalue weighted by Gasteiger charge is -2.09. The molecule has 2 heterocycles. The summed E-state index contributed by atoms with van der Waals surface area (Å²) in [5.74, 6) is 0. The Labute approximate surface area is 127 Å². The molecule has 3 aromatic rings. The van der Waals surface area contributed by atoms with Gasteiger partial charge in [-0.3, -0.25) is 9.20 Å². The zero-order chi connectivity index (χ0) is 14.8. The maximum atomic E-state index is 12.0. The third-order valence-corrected chi connectivity index (χ3v) is 3.52. The molecule has 0 aliphatic heterocycles. The summed E-state index contributed by atoms with van der Waals surface area (Å²) in [5.41, 5.74) is 3.16. The monoisotopic (exact) mass is 299 g/mol. The van der Waals surface area contributed by atoms with Gasteiger partial charge in [0.1, 0.15) is 5.65 Å². The molecule has 0 atom stereocenters. The van der Waals surface area contributed by atoms with Crippen molar-refractivity contribution in [2.24, 2.45) is 0 Å². The molecule has 106 valence electrons. The smallest absolute Gasteiger partial charge is 0.258 e. The first-order valence-electron chi connectivity index (χ1n) is 6.61. The summed E-state index contributed by atoms with van der Waals surface area (Å²) in [4.78, 5) is 16.4. The van der Waals surface area contributed by atoms with Crippen LogP contribution in [-0.2, 0) is 6.54 Å². The molecule has 0 amide bonds. The molecular weight excluding hydrogens is 286 g/mol. The highest BCUT2D eigenvalue weighted by atomic mass is 35.5. The van der Waals surface area contributed by atoms with Crippen LogP contribution in [-0.4, -0.2) is 9.38 Å². The Bertz CT molecular complexity index is 858. The molecule has 0 fully saturated rings. The van der Waals surface area contributed by atoms with Crippen LogP contribution >= 0.6 is 11.6 Å². The van der Waals surface area contributed by atoms with Gasteiger partial charge in [-0.1, -0.05) is 23.7 Å². The largest absolute Gasteiger partial charge is 0.378 e. The van der Waals surface area contributed by atoms with Crippen LogP contribution in [0.4, 0.5) is 5.69 Å². The zero-order valence-corrected chi connectivity index (χ0v) is 12.3. The first-order chi connectivity index (χ1) is 10.1. The van der Waals surface area contributed by atoms with Crippen molar-refractivity contribution >= 4 is 22.9 Å². The van der Waals surface area contributed by atoms with Gasteiger partial charge in [-0.15, -0.1) is 0 Å². The lowest BCUT2D eigenvalue weighted by Crippen LogP contribution is -2.16. The molecule has 1 N–H and O–H groups in total. The van der Waals surface area contributed by atoms with Crippen molar-refractivity contribution in [1.82, 2.24) is 9.38 Å². The van der Waals surface area contributed by atoms with Crippen LogP contribution in [0.1, 0.15) is 11.3 Å². The fourth-order valence-corrected chi connectivity index (χ4v) is 2.44. The van der Waals surface area contributed by atoms with E-state index in [4.69, 9.17) is 11.6 Å². The van der Waals surface area contributed by atoms with E-state index in [0.717, 1.165) is 11.3 Å². The molecular formula is C16H14ClN3O. The molecule has 0 aliphatic carbocycles. The number of hydrogen-bond donors (Lipinski definition) is 1. The van der Waals surface area contributed by atoms with E-state index in [-0.39, 0.29) is 5.56 Å². The number of rotatable bonds is 3. The van der Waals surface area contributed by atoms with E-state index in [0.29, 0.717) is 22.9 Å². The predicted octanol–water partition coefficient (Wildman–Crippen LogP) is 3.27. The molecule has 0 aliphatic rings. The molecule has 3 rings (SSSR count). The molecule has 1 aromatic carbocycles. The SMILES string of the molecule is Cc1ccc(NCc2cc(=O)n3ccccc3n2)c(Cl)c1. The van der Waals surface area contributed by atoms with Gasteiger partial charge in [0.2, 0.25) is 0 Å². The van der Waals surface area contributed by atoms with Gasteiger partial charge in [-0.05, 0) is 36.8 Å². The predicted molar refractivity (Wildman–Crippen MR) is 85.0 cm³/mol. The summed E-state index contributed by atoms with van der Waals surface area (Å²) in [6.07, 6.45) is 1.71. The van der Waals surface area contributed by atoms with E-state index in [1.165, 1.54) is 10.5 Å². The number of benzene rings is 1. The number of nitrogens with one attached hydrogen (secondary N) is 1. The third-order valence-electron chi connectivity index (χ3n) is 3.21. The Balaban J connectivity index is 1.87. The van der Waals surface area contributed by atoms with Crippen LogP contribution in [0.2, 0.25) is 5.02 Å². The number of halogens is 1. The number of nitrogens with zero attached hydrogens (tertiary/aromatic N) is 2. The second-order valence-electron chi connectivity index (χ2n) is 4.85. The average molecular weight is 300 g/mol.